The van der Waals surface area contributed by atoms with Gasteiger partial charge in [-0.2, -0.15) is 5.10 Å². The van der Waals surface area contributed by atoms with Crippen LogP contribution in [0.5, 0.6) is 0 Å². The topological polar surface area (TPSA) is 103 Å². The number of amides is 1. The number of nitro groups is 1. The molecule has 166 valence electrons. The Kier molecular flexibility index (Phi) is 6.18. The van der Waals surface area contributed by atoms with Gasteiger partial charge in [-0.25, -0.2) is 4.68 Å². The Morgan fingerprint density at radius 2 is 1.88 bits per heavy atom. The van der Waals surface area contributed by atoms with Gasteiger partial charge < -0.3 is 15.0 Å². The van der Waals surface area contributed by atoms with Crippen LogP contribution in [0.2, 0.25) is 0 Å². The number of aryl methyl sites for hydroxylation is 1. The zero-order chi connectivity index (χ0) is 22.7. The Morgan fingerprint density at radius 1 is 1.16 bits per heavy atom. The molecule has 3 aromatic rings. The minimum atomic E-state index is -0.445. The molecule has 2 aromatic carbocycles. The van der Waals surface area contributed by atoms with E-state index in [9.17, 15) is 14.9 Å². The number of ether oxygens (including phenoxy) is 1. The van der Waals surface area contributed by atoms with E-state index < -0.39 is 4.92 Å². The van der Waals surface area contributed by atoms with Crippen LogP contribution in [0.15, 0.2) is 48.5 Å². The Labute approximate surface area is 185 Å². The number of nitrogens with zero attached hydrogens (tertiary/aromatic N) is 4. The minimum absolute atomic E-state index is 0.0798. The van der Waals surface area contributed by atoms with Gasteiger partial charge in [-0.1, -0.05) is 18.2 Å². The van der Waals surface area contributed by atoms with Crippen molar-refractivity contribution in [2.75, 3.05) is 31.2 Å². The van der Waals surface area contributed by atoms with Crippen molar-refractivity contribution in [2.24, 2.45) is 0 Å². The first-order valence-corrected chi connectivity index (χ1v) is 10.5. The maximum Gasteiger partial charge on any atom is 0.293 e. The molecule has 0 unspecified atom stereocenters. The Bertz CT molecular complexity index is 1140. The van der Waals surface area contributed by atoms with Crippen molar-refractivity contribution in [3.63, 3.8) is 0 Å². The average Bonchev–Trinajstić information content (AvgIpc) is 3.11. The lowest BCUT2D eigenvalue weighted by atomic mass is 10.1. The van der Waals surface area contributed by atoms with Gasteiger partial charge in [0.25, 0.3) is 11.6 Å². The van der Waals surface area contributed by atoms with E-state index in [1.165, 1.54) is 6.07 Å². The minimum Gasteiger partial charge on any atom is -0.378 e. The van der Waals surface area contributed by atoms with Crippen LogP contribution in [-0.4, -0.2) is 46.9 Å². The van der Waals surface area contributed by atoms with Gasteiger partial charge >= 0.3 is 0 Å². The number of carbonyl (C=O) groups excluding carboxylic acids is 1. The number of hydrogen-bond acceptors (Lipinski definition) is 6. The van der Waals surface area contributed by atoms with Gasteiger partial charge in [0.2, 0.25) is 0 Å². The van der Waals surface area contributed by atoms with Crippen LogP contribution in [0.1, 0.15) is 27.3 Å². The lowest BCUT2D eigenvalue weighted by molar-refractivity contribution is -0.384. The molecule has 32 heavy (non-hydrogen) atoms. The van der Waals surface area contributed by atoms with Crippen molar-refractivity contribution in [2.45, 2.75) is 20.4 Å². The molecule has 9 nitrogen and oxygen atoms in total. The summed E-state index contributed by atoms with van der Waals surface area (Å²) in [6.45, 7) is 6.34. The van der Waals surface area contributed by atoms with Crippen molar-refractivity contribution in [1.29, 1.82) is 0 Å². The van der Waals surface area contributed by atoms with E-state index in [-0.39, 0.29) is 23.7 Å². The quantitative estimate of drug-likeness (QED) is 0.471. The van der Waals surface area contributed by atoms with Gasteiger partial charge in [0.15, 0.2) is 0 Å². The van der Waals surface area contributed by atoms with E-state index in [0.29, 0.717) is 32.0 Å². The first-order valence-electron chi connectivity index (χ1n) is 10.5. The van der Waals surface area contributed by atoms with Gasteiger partial charge in [-0.05, 0) is 38.1 Å². The van der Waals surface area contributed by atoms with Crippen LogP contribution < -0.4 is 10.2 Å². The molecule has 4 rings (SSSR count). The summed E-state index contributed by atoms with van der Waals surface area (Å²) >= 11 is 0. The molecule has 1 N–H and O–H groups in total. The second-order valence-electron chi connectivity index (χ2n) is 7.64. The molecule has 1 aromatic heterocycles. The Balaban J connectivity index is 1.52. The molecule has 0 spiro atoms. The predicted octanol–water partition coefficient (Wildman–Crippen LogP) is 3.16. The normalized spacial score (nSPS) is 13.8. The van der Waals surface area contributed by atoms with Crippen molar-refractivity contribution in [1.82, 2.24) is 15.1 Å². The van der Waals surface area contributed by atoms with E-state index in [0.717, 1.165) is 22.6 Å². The molecule has 9 heteroatoms. The number of carbonyl (C=O) groups is 1. The standard InChI is InChI=1S/C23H25N5O4/c1-16-20(17(2)27(25-16)19-6-4-3-5-7-19)15-24-23(29)18-8-9-21(22(14-18)28(30)31)26-10-12-32-13-11-26/h3-9,14H,10-13,15H2,1-2H3,(H,24,29). The largest absolute Gasteiger partial charge is 0.378 e. The smallest absolute Gasteiger partial charge is 0.293 e. The molecule has 0 bridgehead atoms. The number of morpholine rings is 1. The van der Waals surface area contributed by atoms with Crippen molar-refractivity contribution < 1.29 is 14.5 Å². The molecule has 1 amide bonds. The summed E-state index contributed by atoms with van der Waals surface area (Å²) in [7, 11) is 0. The fraction of sp³-hybridized carbons (Fsp3) is 0.304. The number of nitro benzene ring substituents is 1. The van der Waals surface area contributed by atoms with Crippen LogP contribution >= 0.6 is 0 Å². The van der Waals surface area contributed by atoms with E-state index in [1.54, 1.807) is 12.1 Å². The Morgan fingerprint density at radius 3 is 2.56 bits per heavy atom. The monoisotopic (exact) mass is 435 g/mol. The number of rotatable bonds is 6. The highest BCUT2D eigenvalue weighted by Crippen LogP contribution is 2.30. The van der Waals surface area contributed by atoms with Crippen LogP contribution in [0.4, 0.5) is 11.4 Å². The van der Waals surface area contributed by atoms with Gasteiger partial charge in [0.05, 0.1) is 29.5 Å². The van der Waals surface area contributed by atoms with Gasteiger partial charge in [-0.15, -0.1) is 0 Å². The third kappa shape index (κ3) is 4.33. The molecule has 1 aliphatic rings. The van der Waals surface area contributed by atoms with Crippen LogP contribution in [0.25, 0.3) is 5.69 Å². The summed E-state index contributed by atoms with van der Waals surface area (Å²) < 4.78 is 7.17. The summed E-state index contributed by atoms with van der Waals surface area (Å²) in [5.41, 5.74) is 4.29. The second kappa shape index (κ2) is 9.19. The molecule has 1 fully saturated rings. The van der Waals surface area contributed by atoms with E-state index in [4.69, 9.17) is 4.74 Å². The fourth-order valence-electron chi connectivity index (χ4n) is 3.90. The SMILES string of the molecule is Cc1nn(-c2ccccc2)c(C)c1CNC(=O)c1ccc(N2CCOCC2)c([N+](=O)[O-])c1. The maximum absolute atomic E-state index is 12.8. The highest BCUT2D eigenvalue weighted by atomic mass is 16.6. The highest BCUT2D eigenvalue weighted by Gasteiger charge is 2.23. The average molecular weight is 435 g/mol. The first-order chi connectivity index (χ1) is 15.5. The predicted molar refractivity (Wildman–Crippen MR) is 120 cm³/mol. The molecule has 0 atom stereocenters. The summed E-state index contributed by atoms with van der Waals surface area (Å²) in [5.74, 6) is -0.368. The van der Waals surface area contributed by atoms with E-state index in [1.807, 2.05) is 53.8 Å². The number of anilines is 1. The van der Waals surface area contributed by atoms with E-state index >= 15 is 0 Å². The number of hydrogen-bond donors (Lipinski definition) is 1. The summed E-state index contributed by atoms with van der Waals surface area (Å²) in [5, 5.41) is 19.1. The van der Waals surface area contributed by atoms with Crippen molar-refractivity contribution in [3.05, 3.63) is 81.2 Å². The highest BCUT2D eigenvalue weighted by molar-refractivity contribution is 5.95. The fourth-order valence-corrected chi connectivity index (χ4v) is 3.90. The molecule has 1 aliphatic heterocycles. The third-order valence-corrected chi connectivity index (χ3v) is 5.65. The van der Waals surface area contributed by atoms with Crippen molar-refractivity contribution >= 4 is 17.3 Å². The molecule has 0 aliphatic carbocycles. The van der Waals surface area contributed by atoms with Gasteiger partial charge in [0, 0.05) is 42.5 Å². The molecule has 0 saturated carbocycles. The van der Waals surface area contributed by atoms with Crippen LogP contribution in [0, 0.1) is 24.0 Å². The summed E-state index contributed by atoms with van der Waals surface area (Å²) in [4.78, 5) is 25.9. The zero-order valence-corrected chi connectivity index (χ0v) is 18.1. The lowest BCUT2D eigenvalue weighted by Gasteiger charge is -2.28. The maximum atomic E-state index is 12.8. The van der Waals surface area contributed by atoms with Crippen molar-refractivity contribution in [3.8, 4) is 5.69 Å². The molecule has 2 heterocycles. The van der Waals surface area contributed by atoms with Gasteiger partial charge in [0.1, 0.15) is 5.69 Å². The molecular weight excluding hydrogens is 410 g/mol. The number of aromatic nitrogens is 2. The number of nitrogens with one attached hydrogen (secondary N) is 1. The summed E-state index contributed by atoms with van der Waals surface area (Å²) in [6.07, 6.45) is 0. The summed E-state index contributed by atoms with van der Waals surface area (Å²) in [6, 6.07) is 14.4. The van der Waals surface area contributed by atoms with Gasteiger partial charge in [-0.3, -0.25) is 14.9 Å². The van der Waals surface area contributed by atoms with E-state index in [2.05, 4.69) is 10.4 Å². The van der Waals surface area contributed by atoms with Crippen LogP contribution in [0.3, 0.4) is 0 Å². The lowest BCUT2D eigenvalue weighted by Crippen LogP contribution is -2.36. The first kappa shape index (κ1) is 21.5. The second-order valence-corrected chi connectivity index (χ2v) is 7.64. The zero-order valence-electron chi connectivity index (χ0n) is 18.1. The number of para-hydroxylation sites is 1. The molecule has 1 saturated heterocycles. The third-order valence-electron chi connectivity index (χ3n) is 5.65. The molecular formula is C23H25N5O4. The molecule has 0 radical (unpaired) electrons. The Hall–Kier alpha value is -3.72. The number of benzene rings is 2. The van der Waals surface area contributed by atoms with Crippen LogP contribution in [-0.2, 0) is 11.3 Å².